The molecule has 7 heteroatoms. The van der Waals surface area contributed by atoms with Gasteiger partial charge in [-0.15, -0.1) is 11.8 Å². The van der Waals surface area contributed by atoms with Crippen LogP contribution in [-0.4, -0.2) is 25.9 Å². The Labute approximate surface area is 155 Å². The van der Waals surface area contributed by atoms with Gasteiger partial charge in [0.1, 0.15) is 0 Å². The fourth-order valence-corrected chi connectivity index (χ4v) is 3.33. The molecular weight excluding hydrogens is 369 g/mol. The molecule has 0 radical (unpaired) electrons. The standard InChI is InChI=1S/C17H17Cl2NO3S/c1-10-6-14(22-2)15(23-3)8-13(10)20-17(21)9-24-16-7-11(18)4-5-12(16)19/h4-8H,9H2,1-3H3,(H,20,21). The number of aryl methyl sites for hydroxylation is 1. The third-order valence-electron chi connectivity index (χ3n) is 3.26. The molecule has 1 amide bonds. The highest BCUT2D eigenvalue weighted by molar-refractivity contribution is 8.00. The summed E-state index contributed by atoms with van der Waals surface area (Å²) in [6.45, 7) is 1.89. The Morgan fingerprint density at radius 2 is 1.79 bits per heavy atom. The van der Waals surface area contributed by atoms with Gasteiger partial charge in [0.2, 0.25) is 5.91 Å². The number of thioether (sulfide) groups is 1. The fourth-order valence-electron chi connectivity index (χ4n) is 2.03. The second-order valence-corrected chi connectivity index (χ2v) is 6.79. The largest absolute Gasteiger partial charge is 0.493 e. The van der Waals surface area contributed by atoms with Gasteiger partial charge in [-0.2, -0.15) is 0 Å². The molecule has 0 saturated heterocycles. The number of nitrogens with one attached hydrogen (secondary N) is 1. The van der Waals surface area contributed by atoms with E-state index in [1.165, 1.54) is 11.8 Å². The Balaban J connectivity index is 2.06. The summed E-state index contributed by atoms with van der Waals surface area (Å²) in [6.07, 6.45) is 0. The number of amides is 1. The summed E-state index contributed by atoms with van der Waals surface area (Å²) in [6, 6.07) is 8.71. The quantitative estimate of drug-likeness (QED) is 0.706. The fraction of sp³-hybridized carbons (Fsp3) is 0.235. The number of anilines is 1. The van der Waals surface area contributed by atoms with E-state index in [9.17, 15) is 4.79 Å². The van der Waals surface area contributed by atoms with E-state index in [2.05, 4.69) is 5.32 Å². The van der Waals surface area contributed by atoms with Crippen LogP contribution in [0.25, 0.3) is 0 Å². The first-order valence-corrected chi connectivity index (χ1v) is 8.79. The molecule has 0 aliphatic rings. The average Bonchev–Trinajstić information content (AvgIpc) is 2.57. The van der Waals surface area contributed by atoms with Crippen LogP contribution in [0.3, 0.4) is 0 Å². The number of methoxy groups -OCH3 is 2. The molecule has 4 nitrogen and oxygen atoms in total. The Kier molecular flexibility index (Phi) is 6.66. The van der Waals surface area contributed by atoms with E-state index in [-0.39, 0.29) is 11.7 Å². The van der Waals surface area contributed by atoms with Crippen LogP contribution >= 0.6 is 35.0 Å². The minimum Gasteiger partial charge on any atom is -0.493 e. The zero-order valence-corrected chi connectivity index (χ0v) is 15.8. The molecule has 0 bridgehead atoms. The normalized spacial score (nSPS) is 10.4. The van der Waals surface area contributed by atoms with Crippen molar-refractivity contribution in [1.29, 1.82) is 0 Å². The Bertz CT molecular complexity index is 753. The molecule has 0 heterocycles. The Morgan fingerprint density at radius 1 is 1.12 bits per heavy atom. The van der Waals surface area contributed by atoms with Gasteiger partial charge in [0.05, 0.1) is 25.0 Å². The number of rotatable bonds is 6. The van der Waals surface area contributed by atoms with Gasteiger partial charge >= 0.3 is 0 Å². The predicted molar refractivity (Wildman–Crippen MR) is 100 cm³/mol. The molecule has 2 aromatic carbocycles. The molecule has 0 saturated carbocycles. The summed E-state index contributed by atoms with van der Waals surface area (Å²) in [7, 11) is 3.12. The van der Waals surface area contributed by atoms with Crippen LogP contribution in [0.2, 0.25) is 10.0 Å². The molecule has 0 spiro atoms. The number of hydrogen-bond donors (Lipinski definition) is 1. The lowest BCUT2D eigenvalue weighted by atomic mass is 10.1. The van der Waals surface area contributed by atoms with Crippen molar-refractivity contribution in [2.24, 2.45) is 0 Å². The first-order valence-electron chi connectivity index (χ1n) is 7.05. The van der Waals surface area contributed by atoms with Crippen molar-refractivity contribution in [1.82, 2.24) is 0 Å². The van der Waals surface area contributed by atoms with Crippen LogP contribution < -0.4 is 14.8 Å². The minimum absolute atomic E-state index is 0.147. The van der Waals surface area contributed by atoms with E-state index >= 15 is 0 Å². The smallest absolute Gasteiger partial charge is 0.234 e. The zero-order valence-electron chi connectivity index (χ0n) is 13.5. The lowest BCUT2D eigenvalue weighted by Gasteiger charge is -2.13. The van der Waals surface area contributed by atoms with Crippen LogP contribution in [0.4, 0.5) is 5.69 Å². The summed E-state index contributed by atoms with van der Waals surface area (Å²) < 4.78 is 10.5. The van der Waals surface area contributed by atoms with Gasteiger partial charge in [0, 0.05) is 21.7 Å². The van der Waals surface area contributed by atoms with Gasteiger partial charge in [0.25, 0.3) is 0 Å². The van der Waals surface area contributed by atoms with Gasteiger partial charge < -0.3 is 14.8 Å². The maximum Gasteiger partial charge on any atom is 0.234 e. The summed E-state index contributed by atoms with van der Waals surface area (Å²) >= 11 is 13.4. The molecule has 2 aromatic rings. The summed E-state index contributed by atoms with van der Waals surface area (Å²) in [5.74, 6) is 1.25. The third kappa shape index (κ3) is 4.72. The second-order valence-electron chi connectivity index (χ2n) is 4.93. The molecule has 128 valence electrons. The summed E-state index contributed by atoms with van der Waals surface area (Å²) in [5, 5.41) is 4.02. The van der Waals surface area contributed by atoms with Crippen LogP contribution in [0, 0.1) is 6.92 Å². The lowest BCUT2D eigenvalue weighted by Crippen LogP contribution is -2.15. The molecule has 0 atom stereocenters. The molecule has 0 aromatic heterocycles. The second kappa shape index (κ2) is 8.51. The summed E-state index contributed by atoms with van der Waals surface area (Å²) in [4.78, 5) is 13.0. The minimum atomic E-state index is -0.147. The van der Waals surface area contributed by atoms with Gasteiger partial charge in [-0.25, -0.2) is 0 Å². The Hall–Kier alpha value is -1.56. The first-order chi connectivity index (χ1) is 11.4. The van der Waals surface area contributed by atoms with E-state index in [1.54, 1.807) is 38.5 Å². The molecule has 24 heavy (non-hydrogen) atoms. The van der Waals surface area contributed by atoms with E-state index in [0.717, 1.165) is 10.5 Å². The van der Waals surface area contributed by atoms with E-state index in [4.69, 9.17) is 32.7 Å². The van der Waals surface area contributed by atoms with Crippen molar-refractivity contribution in [3.8, 4) is 11.5 Å². The zero-order chi connectivity index (χ0) is 17.7. The number of ether oxygens (including phenoxy) is 2. The van der Waals surface area contributed by atoms with Crippen LogP contribution in [-0.2, 0) is 4.79 Å². The lowest BCUT2D eigenvalue weighted by molar-refractivity contribution is -0.113. The predicted octanol–water partition coefficient (Wildman–Crippen LogP) is 5.05. The van der Waals surface area contributed by atoms with E-state index in [1.807, 2.05) is 13.0 Å². The van der Waals surface area contributed by atoms with Crippen molar-refractivity contribution in [3.63, 3.8) is 0 Å². The Morgan fingerprint density at radius 3 is 2.46 bits per heavy atom. The molecule has 0 unspecified atom stereocenters. The summed E-state index contributed by atoms with van der Waals surface area (Å²) in [5.41, 5.74) is 1.56. The molecular formula is C17H17Cl2NO3S. The van der Waals surface area contributed by atoms with Crippen molar-refractivity contribution < 1.29 is 14.3 Å². The van der Waals surface area contributed by atoms with Gasteiger partial charge in [-0.1, -0.05) is 23.2 Å². The van der Waals surface area contributed by atoms with E-state index in [0.29, 0.717) is 27.2 Å². The van der Waals surface area contributed by atoms with Crippen molar-refractivity contribution in [3.05, 3.63) is 45.9 Å². The molecule has 0 aliphatic heterocycles. The van der Waals surface area contributed by atoms with E-state index < -0.39 is 0 Å². The molecule has 0 fully saturated rings. The van der Waals surface area contributed by atoms with Crippen LogP contribution in [0.5, 0.6) is 11.5 Å². The third-order valence-corrected chi connectivity index (χ3v) is 4.99. The van der Waals surface area contributed by atoms with Crippen molar-refractivity contribution in [2.45, 2.75) is 11.8 Å². The number of benzene rings is 2. The molecule has 2 rings (SSSR count). The maximum absolute atomic E-state index is 12.2. The molecule has 0 aliphatic carbocycles. The van der Waals surface area contributed by atoms with Crippen LogP contribution in [0.15, 0.2) is 35.2 Å². The monoisotopic (exact) mass is 385 g/mol. The number of hydrogen-bond acceptors (Lipinski definition) is 4. The highest BCUT2D eigenvalue weighted by atomic mass is 35.5. The molecule has 1 N–H and O–H groups in total. The maximum atomic E-state index is 12.2. The highest BCUT2D eigenvalue weighted by Gasteiger charge is 2.12. The van der Waals surface area contributed by atoms with Crippen molar-refractivity contribution >= 4 is 46.6 Å². The van der Waals surface area contributed by atoms with Gasteiger partial charge in [0.15, 0.2) is 11.5 Å². The average molecular weight is 386 g/mol. The van der Waals surface area contributed by atoms with Gasteiger partial charge in [-0.3, -0.25) is 4.79 Å². The van der Waals surface area contributed by atoms with Crippen molar-refractivity contribution in [2.75, 3.05) is 25.3 Å². The highest BCUT2D eigenvalue weighted by Crippen LogP contribution is 2.33. The number of carbonyl (C=O) groups excluding carboxylic acids is 1. The van der Waals surface area contributed by atoms with Crippen LogP contribution in [0.1, 0.15) is 5.56 Å². The topological polar surface area (TPSA) is 47.6 Å². The van der Waals surface area contributed by atoms with Gasteiger partial charge in [-0.05, 0) is 36.8 Å². The number of carbonyl (C=O) groups is 1. The number of halogens is 2. The SMILES string of the molecule is COc1cc(C)c(NC(=O)CSc2cc(Cl)ccc2Cl)cc1OC. The first kappa shape index (κ1) is 18.8.